The maximum absolute atomic E-state index is 11.8. The van der Waals surface area contributed by atoms with Crippen molar-refractivity contribution in [1.82, 2.24) is 15.1 Å². The van der Waals surface area contributed by atoms with Crippen molar-refractivity contribution in [2.75, 3.05) is 65.4 Å². The molecule has 1 saturated heterocycles. The summed E-state index contributed by atoms with van der Waals surface area (Å²) >= 11 is 0. The van der Waals surface area contributed by atoms with Gasteiger partial charge in [0.1, 0.15) is 12.3 Å². The van der Waals surface area contributed by atoms with Crippen LogP contribution >= 0.6 is 0 Å². The Morgan fingerprint density at radius 3 is 2.46 bits per heavy atom. The Balaban J connectivity index is 1.97. The molecule has 26 heavy (non-hydrogen) atoms. The van der Waals surface area contributed by atoms with Crippen LogP contribution in [0.1, 0.15) is 0 Å². The third-order valence-electron chi connectivity index (χ3n) is 4.28. The zero-order chi connectivity index (χ0) is 18.9. The van der Waals surface area contributed by atoms with Gasteiger partial charge >= 0.3 is 0 Å². The number of rotatable bonds is 6. The van der Waals surface area contributed by atoms with Crippen LogP contribution in [0.25, 0.3) is 0 Å². The van der Waals surface area contributed by atoms with Crippen molar-refractivity contribution in [3.63, 3.8) is 0 Å². The number of hydrogen-bond donors (Lipinski definition) is 1. The monoisotopic (exact) mass is 359 g/mol. The fourth-order valence-electron chi connectivity index (χ4n) is 2.68. The Hall–Kier alpha value is -2.70. The molecule has 0 aromatic heterocycles. The highest BCUT2D eigenvalue weighted by Gasteiger charge is 2.20. The molecule has 0 spiro atoms. The molecule has 0 saturated carbocycles. The maximum atomic E-state index is 11.8. The number of nitrogens with one attached hydrogen (secondary N) is 1. The van der Waals surface area contributed by atoms with E-state index in [1.807, 2.05) is 12.1 Å². The van der Waals surface area contributed by atoms with Gasteiger partial charge in [0.2, 0.25) is 5.91 Å². The Morgan fingerprint density at radius 1 is 1.27 bits per heavy atom. The van der Waals surface area contributed by atoms with Crippen LogP contribution in [0, 0.1) is 0 Å². The van der Waals surface area contributed by atoms with Gasteiger partial charge in [-0.1, -0.05) is 6.08 Å². The van der Waals surface area contributed by atoms with E-state index in [0.29, 0.717) is 6.54 Å². The summed E-state index contributed by atoms with van der Waals surface area (Å²) in [5.74, 6) is 1.61. The minimum absolute atomic E-state index is 0.0141. The van der Waals surface area contributed by atoms with Gasteiger partial charge < -0.3 is 24.8 Å². The molecule has 0 bridgehead atoms. The second-order valence-corrected chi connectivity index (χ2v) is 6.27. The summed E-state index contributed by atoms with van der Waals surface area (Å²) in [7, 11) is 5.15. The summed E-state index contributed by atoms with van der Waals surface area (Å²) in [6.07, 6.45) is 1.79. The number of anilines is 1. The first kappa shape index (κ1) is 19.6. The molecule has 0 unspecified atom stereocenters. The lowest BCUT2D eigenvalue weighted by Gasteiger charge is -2.37. The summed E-state index contributed by atoms with van der Waals surface area (Å²) in [6, 6.07) is 8.12. The van der Waals surface area contributed by atoms with E-state index < -0.39 is 0 Å². The first-order valence-electron chi connectivity index (χ1n) is 8.78. The largest absolute Gasteiger partial charge is 0.497 e. The molecule has 1 aromatic rings. The number of nitrogens with zero attached hydrogens (tertiary/aromatic N) is 4. The van der Waals surface area contributed by atoms with Gasteiger partial charge in [0.25, 0.3) is 0 Å². The number of ether oxygens (including phenoxy) is 1. The van der Waals surface area contributed by atoms with Crippen molar-refractivity contribution in [3.05, 3.63) is 36.9 Å². The van der Waals surface area contributed by atoms with E-state index in [9.17, 15) is 4.79 Å². The first-order valence-corrected chi connectivity index (χ1v) is 8.78. The second kappa shape index (κ2) is 9.70. The number of carbonyl (C=O) groups is 1. The van der Waals surface area contributed by atoms with Gasteiger partial charge in [-0.3, -0.25) is 4.79 Å². The topological polar surface area (TPSA) is 60.4 Å². The van der Waals surface area contributed by atoms with E-state index in [4.69, 9.17) is 4.74 Å². The molecular formula is C19H29N5O2. The fraction of sp³-hybridized carbons (Fsp3) is 0.474. The summed E-state index contributed by atoms with van der Waals surface area (Å²) in [5.41, 5.74) is 1.19. The molecule has 0 radical (unpaired) electrons. The van der Waals surface area contributed by atoms with Crippen LogP contribution in [0.5, 0.6) is 5.75 Å². The number of amides is 1. The van der Waals surface area contributed by atoms with Crippen LogP contribution in [0.4, 0.5) is 5.69 Å². The molecule has 1 heterocycles. The molecule has 1 aliphatic heterocycles. The van der Waals surface area contributed by atoms with Crippen molar-refractivity contribution in [2.45, 2.75) is 0 Å². The molecule has 7 nitrogen and oxygen atoms in total. The Bertz CT molecular complexity index is 619. The van der Waals surface area contributed by atoms with Crippen LogP contribution in [0.2, 0.25) is 0 Å². The third-order valence-corrected chi connectivity index (χ3v) is 4.28. The van der Waals surface area contributed by atoms with Crippen LogP contribution in [0.3, 0.4) is 0 Å². The number of aliphatic imine (C=N–C) groups is 1. The van der Waals surface area contributed by atoms with Crippen LogP contribution in [-0.2, 0) is 4.79 Å². The lowest BCUT2D eigenvalue weighted by atomic mass is 10.2. The number of methoxy groups -OCH3 is 1. The molecule has 0 aliphatic carbocycles. The predicted octanol–water partition coefficient (Wildman–Crippen LogP) is 1.04. The van der Waals surface area contributed by atoms with E-state index in [2.05, 4.69) is 38.8 Å². The van der Waals surface area contributed by atoms with Gasteiger partial charge in [0, 0.05) is 52.5 Å². The van der Waals surface area contributed by atoms with Crippen LogP contribution in [-0.4, -0.2) is 82.1 Å². The van der Waals surface area contributed by atoms with Crippen molar-refractivity contribution in [3.8, 4) is 5.75 Å². The minimum Gasteiger partial charge on any atom is -0.497 e. The van der Waals surface area contributed by atoms with Gasteiger partial charge in [-0.15, -0.1) is 6.58 Å². The molecule has 1 N–H and O–H groups in total. The summed E-state index contributed by atoms with van der Waals surface area (Å²) in [6.45, 7) is 7.96. The number of hydrogen-bond acceptors (Lipinski definition) is 4. The van der Waals surface area contributed by atoms with Crippen molar-refractivity contribution in [2.24, 2.45) is 4.99 Å². The molecule has 0 atom stereocenters. The van der Waals surface area contributed by atoms with E-state index in [1.165, 1.54) is 5.69 Å². The highest BCUT2D eigenvalue weighted by molar-refractivity contribution is 5.85. The SMILES string of the molecule is C=CCNC(=NCC(=O)N(C)C)N1CCN(c2ccc(OC)cc2)CC1. The zero-order valence-corrected chi connectivity index (χ0v) is 15.9. The number of piperazine rings is 1. The fourth-order valence-corrected chi connectivity index (χ4v) is 2.68. The molecular weight excluding hydrogens is 330 g/mol. The Kier molecular flexibility index (Phi) is 7.32. The molecule has 1 aromatic carbocycles. The lowest BCUT2D eigenvalue weighted by molar-refractivity contribution is -0.127. The molecule has 2 rings (SSSR count). The van der Waals surface area contributed by atoms with E-state index in [0.717, 1.165) is 37.9 Å². The zero-order valence-electron chi connectivity index (χ0n) is 15.9. The summed E-state index contributed by atoms with van der Waals surface area (Å²) in [4.78, 5) is 22.4. The number of likely N-dealkylation sites (N-methyl/N-ethyl adjacent to an activating group) is 1. The van der Waals surface area contributed by atoms with Crippen molar-refractivity contribution < 1.29 is 9.53 Å². The van der Waals surface area contributed by atoms with Gasteiger partial charge in [0.05, 0.1) is 7.11 Å². The van der Waals surface area contributed by atoms with Crippen molar-refractivity contribution in [1.29, 1.82) is 0 Å². The van der Waals surface area contributed by atoms with E-state index in [1.54, 1.807) is 32.2 Å². The van der Waals surface area contributed by atoms with Crippen LogP contribution < -0.4 is 15.0 Å². The van der Waals surface area contributed by atoms with Crippen molar-refractivity contribution >= 4 is 17.6 Å². The quantitative estimate of drug-likeness (QED) is 0.467. The summed E-state index contributed by atoms with van der Waals surface area (Å²) in [5, 5.41) is 3.26. The maximum Gasteiger partial charge on any atom is 0.243 e. The van der Waals surface area contributed by atoms with Gasteiger partial charge in [-0.2, -0.15) is 0 Å². The minimum atomic E-state index is -0.0141. The highest BCUT2D eigenvalue weighted by Crippen LogP contribution is 2.20. The molecule has 1 fully saturated rings. The number of carbonyl (C=O) groups excluding carboxylic acids is 1. The average Bonchev–Trinajstić information content (AvgIpc) is 2.68. The highest BCUT2D eigenvalue weighted by atomic mass is 16.5. The first-order chi connectivity index (χ1) is 12.5. The van der Waals surface area contributed by atoms with Crippen LogP contribution in [0.15, 0.2) is 41.9 Å². The van der Waals surface area contributed by atoms with E-state index >= 15 is 0 Å². The van der Waals surface area contributed by atoms with Gasteiger partial charge in [-0.25, -0.2) is 4.99 Å². The molecule has 1 amide bonds. The smallest absolute Gasteiger partial charge is 0.243 e. The summed E-state index contributed by atoms with van der Waals surface area (Å²) < 4.78 is 5.22. The van der Waals surface area contributed by atoms with Gasteiger partial charge in [-0.05, 0) is 24.3 Å². The molecule has 1 aliphatic rings. The average molecular weight is 359 g/mol. The molecule has 142 valence electrons. The third kappa shape index (κ3) is 5.40. The lowest BCUT2D eigenvalue weighted by Crippen LogP contribution is -2.52. The predicted molar refractivity (Wildman–Crippen MR) is 106 cm³/mol. The molecule has 7 heteroatoms. The Morgan fingerprint density at radius 2 is 1.92 bits per heavy atom. The van der Waals surface area contributed by atoms with Gasteiger partial charge in [0.15, 0.2) is 5.96 Å². The van der Waals surface area contributed by atoms with E-state index in [-0.39, 0.29) is 12.5 Å². The Labute approximate surface area is 155 Å². The second-order valence-electron chi connectivity index (χ2n) is 6.27. The number of guanidine groups is 1. The normalized spacial score (nSPS) is 14.8. The number of benzene rings is 1. The standard InChI is InChI=1S/C19H29N5O2/c1-5-10-20-19(21-15-18(25)22(2)3)24-13-11-23(12-14-24)16-6-8-17(26-4)9-7-16/h5-9H,1,10-15H2,2-4H3,(H,20,21).